The third kappa shape index (κ3) is 3.08. The second kappa shape index (κ2) is 6.27. The molecule has 1 atom stereocenters. The first-order chi connectivity index (χ1) is 10.3. The fourth-order valence-electron chi connectivity index (χ4n) is 3.07. The van der Waals surface area contributed by atoms with E-state index in [9.17, 15) is 4.79 Å². The SMILES string of the molecule is CNC(Cc1ccc2ccccc2c1)C(=O)N1CCCC1. The standard InChI is InChI=1S/C18H22N2O/c1-19-17(18(21)20-10-4-5-11-20)13-14-8-9-15-6-2-3-7-16(15)12-14/h2-3,6-9,12,17,19H,4-5,10-11,13H2,1H3. The van der Waals surface area contributed by atoms with Crippen LogP contribution in [0.25, 0.3) is 10.8 Å². The lowest BCUT2D eigenvalue weighted by Crippen LogP contribution is -2.45. The van der Waals surface area contributed by atoms with E-state index in [1.54, 1.807) is 0 Å². The Morgan fingerprint density at radius 3 is 2.57 bits per heavy atom. The van der Waals surface area contributed by atoms with Gasteiger partial charge in [0, 0.05) is 13.1 Å². The Kier molecular flexibility index (Phi) is 4.20. The molecule has 21 heavy (non-hydrogen) atoms. The van der Waals surface area contributed by atoms with Gasteiger partial charge in [0.25, 0.3) is 0 Å². The summed E-state index contributed by atoms with van der Waals surface area (Å²) in [4.78, 5) is 14.5. The van der Waals surface area contributed by atoms with Crippen molar-refractivity contribution >= 4 is 16.7 Å². The number of benzene rings is 2. The molecule has 110 valence electrons. The molecule has 1 N–H and O–H groups in total. The molecule has 1 heterocycles. The van der Waals surface area contributed by atoms with Crippen molar-refractivity contribution in [3.8, 4) is 0 Å². The predicted molar refractivity (Wildman–Crippen MR) is 86.3 cm³/mol. The molecule has 0 bridgehead atoms. The van der Waals surface area contributed by atoms with Gasteiger partial charge in [0.15, 0.2) is 0 Å². The van der Waals surface area contributed by atoms with Crippen molar-refractivity contribution in [3.63, 3.8) is 0 Å². The van der Waals surface area contributed by atoms with Gasteiger partial charge in [-0.05, 0) is 42.6 Å². The Balaban J connectivity index is 1.76. The lowest BCUT2D eigenvalue weighted by atomic mass is 10.0. The first-order valence-corrected chi connectivity index (χ1v) is 7.71. The summed E-state index contributed by atoms with van der Waals surface area (Å²) in [6.07, 6.45) is 3.02. The van der Waals surface area contributed by atoms with Gasteiger partial charge in [0.1, 0.15) is 0 Å². The molecule has 1 unspecified atom stereocenters. The van der Waals surface area contributed by atoms with Crippen LogP contribution < -0.4 is 5.32 Å². The summed E-state index contributed by atoms with van der Waals surface area (Å²) in [5.74, 6) is 0.239. The van der Waals surface area contributed by atoms with Gasteiger partial charge in [-0.2, -0.15) is 0 Å². The third-order valence-electron chi connectivity index (χ3n) is 4.32. The average Bonchev–Trinajstić information content (AvgIpc) is 3.06. The molecule has 0 spiro atoms. The quantitative estimate of drug-likeness (QED) is 0.935. The molecule has 0 aromatic heterocycles. The summed E-state index contributed by atoms with van der Waals surface area (Å²) in [5, 5.41) is 5.66. The number of fused-ring (bicyclic) bond motifs is 1. The van der Waals surface area contributed by atoms with Crippen molar-refractivity contribution in [3.05, 3.63) is 48.0 Å². The highest BCUT2D eigenvalue weighted by molar-refractivity contribution is 5.84. The number of likely N-dealkylation sites (tertiary alicyclic amines) is 1. The minimum Gasteiger partial charge on any atom is -0.341 e. The third-order valence-corrected chi connectivity index (χ3v) is 4.32. The van der Waals surface area contributed by atoms with E-state index in [1.807, 2.05) is 11.9 Å². The minimum absolute atomic E-state index is 0.121. The molecular formula is C18H22N2O. The fourth-order valence-corrected chi connectivity index (χ4v) is 3.07. The van der Waals surface area contributed by atoms with E-state index in [4.69, 9.17) is 0 Å². The Hall–Kier alpha value is -1.87. The van der Waals surface area contributed by atoms with Gasteiger partial charge in [-0.25, -0.2) is 0 Å². The van der Waals surface area contributed by atoms with Crippen molar-refractivity contribution in [2.24, 2.45) is 0 Å². The van der Waals surface area contributed by atoms with Crippen LogP contribution in [0.1, 0.15) is 18.4 Å². The highest BCUT2D eigenvalue weighted by atomic mass is 16.2. The molecule has 0 saturated carbocycles. The molecule has 0 radical (unpaired) electrons. The number of carbonyl (C=O) groups is 1. The molecule has 3 heteroatoms. The maximum absolute atomic E-state index is 12.5. The summed E-state index contributed by atoms with van der Waals surface area (Å²) in [6, 6.07) is 14.7. The van der Waals surface area contributed by atoms with Crippen LogP contribution in [0.3, 0.4) is 0 Å². The van der Waals surface area contributed by atoms with Gasteiger partial charge in [0.2, 0.25) is 5.91 Å². The fraction of sp³-hybridized carbons (Fsp3) is 0.389. The Morgan fingerprint density at radius 1 is 1.14 bits per heavy atom. The number of carbonyl (C=O) groups excluding carboxylic acids is 1. The van der Waals surface area contributed by atoms with Crippen molar-refractivity contribution in [2.75, 3.05) is 20.1 Å². The highest BCUT2D eigenvalue weighted by Gasteiger charge is 2.25. The normalized spacial score (nSPS) is 16.3. The van der Waals surface area contributed by atoms with E-state index in [2.05, 4.69) is 47.8 Å². The number of likely N-dealkylation sites (N-methyl/N-ethyl adjacent to an activating group) is 1. The molecule has 2 aromatic rings. The van der Waals surface area contributed by atoms with Crippen molar-refractivity contribution in [1.29, 1.82) is 0 Å². The maximum Gasteiger partial charge on any atom is 0.240 e. The Morgan fingerprint density at radius 2 is 1.86 bits per heavy atom. The van der Waals surface area contributed by atoms with Gasteiger partial charge >= 0.3 is 0 Å². The van der Waals surface area contributed by atoms with E-state index < -0.39 is 0 Å². The second-order valence-electron chi connectivity index (χ2n) is 5.76. The van der Waals surface area contributed by atoms with E-state index in [-0.39, 0.29) is 11.9 Å². The summed E-state index contributed by atoms with van der Waals surface area (Å²) < 4.78 is 0. The predicted octanol–water partition coefficient (Wildman–Crippen LogP) is 2.59. The van der Waals surface area contributed by atoms with Gasteiger partial charge < -0.3 is 10.2 Å². The van der Waals surface area contributed by atoms with Gasteiger partial charge in [-0.3, -0.25) is 4.79 Å². The number of nitrogens with one attached hydrogen (secondary N) is 1. The highest BCUT2D eigenvalue weighted by Crippen LogP contribution is 2.18. The number of nitrogens with zero attached hydrogens (tertiary/aromatic N) is 1. The van der Waals surface area contributed by atoms with E-state index >= 15 is 0 Å². The molecule has 2 aromatic carbocycles. The Bertz CT molecular complexity index is 632. The molecular weight excluding hydrogens is 260 g/mol. The van der Waals surface area contributed by atoms with Crippen molar-refractivity contribution < 1.29 is 4.79 Å². The van der Waals surface area contributed by atoms with Gasteiger partial charge in [0.05, 0.1) is 6.04 Å². The molecule has 3 nitrogen and oxygen atoms in total. The van der Waals surface area contributed by atoms with Gasteiger partial charge in [-0.1, -0.05) is 42.5 Å². The van der Waals surface area contributed by atoms with E-state index in [1.165, 1.54) is 16.3 Å². The van der Waals surface area contributed by atoms with Crippen molar-refractivity contribution in [2.45, 2.75) is 25.3 Å². The average molecular weight is 282 g/mol. The monoisotopic (exact) mass is 282 g/mol. The molecule has 1 amide bonds. The largest absolute Gasteiger partial charge is 0.341 e. The van der Waals surface area contributed by atoms with Crippen LogP contribution in [0.5, 0.6) is 0 Å². The lowest BCUT2D eigenvalue weighted by molar-refractivity contribution is -0.132. The van der Waals surface area contributed by atoms with Crippen LogP contribution in [-0.2, 0) is 11.2 Å². The zero-order chi connectivity index (χ0) is 14.7. The number of hydrogen-bond donors (Lipinski definition) is 1. The first-order valence-electron chi connectivity index (χ1n) is 7.71. The topological polar surface area (TPSA) is 32.3 Å². The zero-order valence-corrected chi connectivity index (χ0v) is 12.5. The van der Waals surface area contributed by atoms with Crippen LogP contribution in [0.15, 0.2) is 42.5 Å². The zero-order valence-electron chi connectivity index (χ0n) is 12.5. The first kappa shape index (κ1) is 14.1. The maximum atomic E-state index is 12.5. The Labute approximate surface area is 125 Å². The molecule has 3 rings (SSSR count). The van der Waals surface area contributed by atoms with Crippen LogP contribution in [0.4, 0.5) is 0 Å². The number of rotatable bonds is 4. The molecule has 1 aliphatic rings. The van der Waals surface area contributed by atoms with Crippen molar-refractivity contribution in [1.82, 2.24) is 10.2 Å². The van der Waals surface area contributed by atoms with E-state index in [0.29, 0.717) is 0 Å². The van der Waals surface area contributed by atoms with Crippen LogP contribution in [0.2, 0.25) is 0 Å². The molecule has 1 saturated heterocycles. The molecule has 0 aliphatic carbocycles. The smallest absolute Gasteiger partial charge is 0.240 e. The summed E-state index contributed by atoms with van der Waals surface area (Å²) >= 11 is 0. The lowest BCUT2D eigenvalue weighted by Gasteiger charge is -2.23. The van der Waals surface area contributed by atoms with E-state index in [0.717, 1.165) is 32.4 Å². The molecule has 1 fully saturated rings. The number of amides is 1. The van der Waals surface area contributed by atoms with Crippen LogP contribution in [-0.4, -0.2) is 37.0 Å². The summed E-state index contributed by atoms with van der Waals surface area (Å²) in [5.41, 5.74) is 1.21. The van der Waals surface area contributed by atoms with Crippen LogP contribution in [0, 0.1) is 0 Å². The van der Waals surface area contributed by atoms with Gasteiger partial charge in [-0.15, -0.1) is 0 Å². The summed E-state index contributed by atoms with van der Waals surface area (Å²) in [7, 11) is 1.87. The number of hydrogen-bond acceptors (Lipinski definition) is 2. The minimum atomic E-state index is -0.121. The molecule has 1 aliphatic heterocycles. The second-order valence-corrected chi connectivity index (χ2v) is 5.76. The van der Waals surface area contributed by atoms with Crippen LogP contribution >= 0.6 is 0 Å². The summed E-state index contributed by atoms with van der Waals surface area (Å²) in [6.45, 7) is 1.82.